The Morgan fingerprint density at radius 3 is 2.50 bits per heavy atom. The summed E-state index contributed by atoms with van der Waals surface area (Å²) in [6, 6.07) is 0. The highest BCUT2D eigenvalue weighted by atomic mass is 16.4. The molecule has 0 radical (unpaired) electrons. The molecule has 1 saturated carbocycles. The van der Waals surface area contributed by atoms with Gasteiger partial charge in [-0.15, -0.1) is 0 Å². The first-order valence-corrected chi connectivity index (χ1v) is 5.14. The summed E-state index contributed by atoms with van der Waals surface area (Å²) >= 11 is 0. The van der Waals surface area contributed by atoms with E-state index in [9.17, 15) is 9.90 Å². The normalized spacial score (nSPS) is 22.8. The molecule has 0 aliphatic heterocycles. The number of aliphatic hydroxyl groups is 1. The van der Waals surface area contributed by atoms with Gasteiger partial charge in [0, 0.05) is 6.54 Å². The van der Waals surface area contributed by atoms with Gasteiger partial charge in [0.05, 0.1) is 11.5 Å². The van der Waals surface area contributed by atoms with Crippen LogP contribution in [0.2, 0.25) is 0 Å². The van der Waals surface area contributed by atoms with Gasteiger partial charge in [-0.2, -0.15) is 0 Å². The lowest BCUT2D eigenvalue weighted by Gasteiger charge is -2.28. The van der Waals surface area contributed by atoms with Crippen LogP contribution in [0.3, 0.4) is 0 Å². The van der Waals surface area contributed by atoms with Crippen molar-refractivity contribution in [2.75, 3.05) is 6.54 Å². The summed E-state index contributed by atoms with van der Waals surface area (Å²) in [6.45, 7) is 1.86. The number of hydrogen-bond donors (Lipinski definition) is 3. The minimum atomic E-state index is -0.803. The Bertz CT molecular complexity index is 213. The zero-order valence-electron chi connectivity index (χ0n) is 8.57. The van der Waals surface area contributed by atoms with Crippen LogP contribution in [0.25, 0.3) is 0 Å². The first-order valence-electron chi connectivity index (χ1n) is 5.14. The van der Waals surface area contributed by atoms with Gasteiger partial charge in [-0.1, -0.05) is 0 Å². The molecule has 4 heteroatoms. The van der Waals surface area contributed by atoms with Crippen molar-refractivity contribution in [1.29, 1.82) is 0 Å². The molecule has 1 aliphatic carbocycles. The number of carboxylic acid groups (broad SMARTS) is 1. The molecule has 0 saturated heterocycles. The van der Waals surface area contributed by atoms with Gasteiger partial charge in [0.15, 0.2) is 0 Å². The third-order valence-electron chi connectivity index (χ3n) is 3.16. The Labute approximate surface area is 84.1 Å². The maximum Gasteiger partial charge on any atom is 0.311 e. The minimum Gasteiger partial charge on any atom is -0.481 e. The quantitative estimate of drug-likeness (QED) is 0.587. The highest BCUT2D eigenvalue weighted by molar-refractivity contribution is 5.75. The first-order chi connectivity index (χ1) is 6.53. The van der Waals surface area contributed by atoms with Gasteiger partial charge >= 0.3 is 5.97 Å². The summed E-state index contributed by atoms with van der Waals surface area (Å²) < 4.78 is 0. The molecule has 1 rings (SSSR count). The summed E-state index contributed by atoms with van der Waals surface area (Å²) in [5.41, 5.74) is 4.79. The molecule has 1 aliphatic rings. The minimum absolute atomic E-state index is 0.180. The van der Waals surface area contributed by atoms with Crippen molar-refractivity contribution in [2.24, 2.45) is 17.1 Å². The average molecular weight is 201 g/mol. The third-order valence-corrected chi connectivity index (χ3v) is 3.16. The zero-order chi connectivity index (χ0) is 10.8. The van der Waals surface area contributed by atoms with Crippen molar-refractivity contribution in [3.8, 4) is 0 Å². The number of hydrogen-bond acceptors (Lipinski definition) is 3. The Kier molecular flexibility index (Phi) is 3.50. The van der Waals surface area contributed by atoms with Crippen LogP contribution >= 0.6 is 0 Å². The molecule has 0 heterocycles. The lowest BCUT2D eigenvalue weighted by molar-refractivity contribution is -0.150. The summed E-state index contributed by atoms with van der Waals surface area (Å²) in [7, 11) is 0. The monoisotopic (exact) mass is 201 g/mol. The predicted octanol–water partition coefficient (Wildman–Crippen LogP) is 0.587. The van der Waals surface area contributed by atoms with E-state index in [0.717, 1.165) is 12.8 Å². The van der Waals surface area contributed by atoms with E-state index in [1.54, 1.807) is 6.92 Å². The van der Waals surface area contributed by atoms with Crippen LogP contribution in [0.5, 0.6) is 0 Å². The maximum atomic E-state index is 11.2. The van der Waals surface area contributed by atoms with Crippen LogP contribution in [-0.4, -0.2) is 28.8 Å². The second kappa shape index (κ2) is 4.28. The fraction of sp³-hybridized carbons (Fsp3) is 0.900. The van der Waals surface area contributed by atoms with Crippen LogP contribution in [-0.2, 0) is 4.79 Å². The van der Waals surface area contributed by atoms with Crippen LogP contribution in [0.15, 0.2) is 0 Å². The van der Waals surface area contributed by atoms with Gasteiger partial charge in [-0.05, 0) is 38.5 Å². The van der Waals surface area contributed by atoms with E-state index in [4.69, 9.17) is 10.8 Å². The maximum absolute atomic E-state index is 11.2. The van der Waals surface area contributed by atoms with Crippen LogP contribution in [0, 0.1) is 11.3 Å². The van der Waals surface area contributed by atoms with E-state index in [0.29, 0.717) is 12.8 Å². The Morgan fingerprint density at radius 2 is 2.21 bits per heavy atom. The summed E-state index contributed by atoms with van der Waals surface area (Å²) in [5, 5.41) is 18.3. The van der Waals surface area contributed by atoms with Crippen molar-refractivity contribution in [1.82, 2.24) is 0 Å². The largest absolute Gasteiger partial charge is 0.481 e. The van der Waals surface area contributed by atoms with Crippen molar-refractivity contribution in [3.63, 3.8) is 0 Å². The average Bonchev–Trinajstić information content (AvgIpc) is 2.89. The van der Waals surface area contributed by atoms with Crippen molar-refractivity contribution < 1.29 is 15.0 Å². The number of carbonyl (C=O) groups is 1. The lowest BCUT2D eigenvalue weighted by atomic mass is 9.78. The van der Waals surface area contributed by atoms with Gasteiger partial charge in [0.25, 0.3) is 0 Å². The standard InChI is InChI=1S/C10H19NO3/c1-7(12)4-5-10(6-11,9(13)14)8-2-3-8/h7-8,12H,2-6,11H2,1H3,(H,13,14). The van der Waals surface area contributed by atoms with E-state index < -0.39 is 17.5 Å². The van der Waals surface area contributed by atoms with Gasteiger partial charge in [0.1, 0.15) is 0 Å². The van der Waals surface area contributed by atoms with E-state index >= 15 is 0 Å². The van der Waals surface area contributed by atoms with Crippen molar-refractivity contribution in [3.05, 3.63) is 0 Å². The Hall–Kier alpha value is -0.610. The number of rotatable bonds is 6. The van der Waals surface area contributed by atoms with Crippen LogP contribution in [0.1, 0.15) is 32.6 Å². The van der Waals surface area contributed by atoms with Gasteiger partial charge in [-0.3, -0.25) is 4.79 Å². The van der Waals surface area contributed by atoms with Crippen molar-refractivity contribution in [2.45, 2.75) is 38.7 Å². The van der Waals surface area contributed by atoms with Crippen LogP contribution in [0.4, 0.5) is 0 Å². The lowest BCUT2D eigenvalue weighted by Crippen LogP contribution is -2.41. The molecule has 0 spiro atoms. The highest BCUT2D eigenvalue weighted by Crippen LogP contribution is 2.48. The number of carboxylic acids is 1. The number of aliphatic carboxylic acids is 1. The molecule has 0 aromatic rings. The molecule has 0 bridgehead atoms. The smallest absolute Gasteiger partial charge is 0.311 e. The molecule has 0 aromatic heterocycles. The second-order valence-corrected chi connectivity index (χ2v) is 4.33. The number of nitrogens with two attached hydrogens (primary N) is 1. The predicted molar refractivity (Wildman–Crippen MR) is 52.8 cm³/mol. The highest BCUT2D eigenvalue weighted by Gasteiger charge is 2.49. The fourth-order valence-corrected chi connectivity index (χ4v) is 1.94. The Balaban J connectivity index is 2.63. The molecule has 2 atom stereocenters. The molecule has 2 unspecified atom stereocenters. The second-order valence-electron chi connectivity index (χ2n) is 4.33. The molecular weight excluding hydrogens is 182 g/mol. The third kappa shape index (κ3) is 2.25. The van der Waals surface area contributed by atoms with E-state index in [1.807, 2.05) is 0 Å². The van der Waals surface area contributed by atoms with E-state index in [2.05, 4.69) is 0 Å². The summed E-state index contributed by atoms with van der Waals surface area (Å²) in [4.78, 5) is 11.2. The SMILES string of the molecule is CC(O)CCC(CN)(C(=O)O)C1CC1. The van der Waals surface area contributed by atoms with E-state index in [-0.39, 0.29) is 12.5 Å². The van der Waals surface area contributed by atoms with Gasteiger partial charge in [0.2, 0.25) is 0 Å². The van der Waals surface area contributed by atoms with Crippen molar-refractivity contribution >= 4 is 5.97 Å². The zero-order valence-corrected chi connectivity index (χ0v) is 8.57. The van der Waals surface area contributed by atoms with Gasteiger partial charge in [-0.25, -0.2) is 0 Å². The molecule has 0 aromatic carbocycles. The molecule has 1 fully saturated rings. The summed E-state index contributed by atoms with van der Waals surface area (Å²) in [6.07, 6.45) is 2.48. The molecule has 0 amide bonds. The fourth-order valence-electron chi connectivity index (χ4n) is 1.94. The summed E-state index contributed by atoms with van der Waals surface area (Å²) in [5.74, 6) is -0.577. The van der Waals surface area contributed by atoms with Gasteiger partial charge < -0.3 is 15.9 Å². The molecule has 14 heavy (non-hydrogen) atoms. The van der Waals surface area contributed by atoms with Crippen LogP contribution < -0.4 is 5.73 Å². The molecule has 82 valence electrons. The Morgan fingerprint density at radius 1 is 1.64 bits per heavy atom. The topological polar surface area (TPSA) is 83.5 Å². The molecule has 4 nitrogen and oxygen atoms in total. The van der Waals surface area contributed by atoms with E-state index in [1.165, 1.54) is 0 Å². The molecule has 4 N–H and O–H groups in total. The molecular formula is C10H19NO3. The first kappa shape index (κ1) is 11.5. The number of aliphatic hydroxyl groups excluding tert-OH is 1.